The number of hydrogen-bond donors (Lipinski definition) is 3. The number of nitrogen functional groups attached to an aromatic ring is 1. The van der Waals surface area contributed by atoms with Gasteiger partial charge in [0.1, 0.15) is 0 Å². The summed E-state index contributed by atoms with van der Waals surface area (Å²) < 4.78 is 11.1. The monoisotopic (exact) mass is 454 g/mol. The topological polar surface area (TPSA) is 146 Å². The molecule has 10 heteroatoms. The average Bonchev–Trinajstić information content (AvgIpc) is 2.78. The van der Waals surface area contributed by atoms with Crippen LogP contribution >= 0.6 is 0 Å². The molecule has 2 aromatic rings. The molecule has 0 saturated carbocycles. The molecule has 0 fully saturated rings. The third-order valence-electron chi connectivity index (χ3n) is 4.88. The van der Waals surface area contributed by atoms with Crippen molar-refractivity contribution in [2.45, 2.75) is 32.6 Å². The number of benzene rings is 2. The first-order chi connectivity index (χ1) is 15.9. The highest BCUT2D eigenvalue weighted by Gasteiger charge is 2.24. The largest absolute Gasteiger partial charge is 0.490 e. The van der Waals surface area contributed by atoms with Gasteiger partial charge in [-0.2, -0.15) is 0 Å². The van der Waals surface area contributed by atoms with Crippen molar-refractivity contribution >= 4 is 35.0 Å². The Kier molecular flexibility index (Phi) is 7.85. The minimum absolute atomic E-state index is 0.0797. The van der Waals surface area contributed by atoms with Crippen molar-refractivity contribution < 1.29 is 24.0 Å². The van der Waals surface area contributed by atoms with Gasteiger partial charge in [-0.05, 0) is 38.0 Å². The van der Waals surface area contributed by atoms with Crippen molar-refractivity contribution in [1.82, 2.24) is 0 Å². The Morgan fingerprint density at radius 2 is 1.85 bits per heavy atom. The Hall–Kier alpha value is -4.08. The summed E-state index contributed by atoms with van der Waals surface area (Å²) in [7, 11) is 0. The van der Waals surface area contributed by atoms with Crippen LogP contribution in [0.25, 0.3) is 6.08 Å². The lowest BCUT2D eigenvalue weighted by Crippen LogP contribution is -2.16. The van der Waals surface area contributed by atoms with Crippen LogP contribution in [0.15, 0.2) is 42.1 Å². The van der Waals surface area contributed by atoms with E-state index in [-0.39, 0.29) is 37.0 Å². The van der Waals surface area contributed by atoms with Gasteiger partial charge < -0.3 is 25.8 Å². The van der Waals surface area contributed by atoms with Gasteiger partial charge in [-0.1, -0.05) is 12.1 Å². The number of carbonyl (C=O) groups excluding carboxylic acids is 2. The van der Waals surface area contributed by atoms with Gasteiger partial charge in [0.2, 0.25) is 11.8 Å². The minimum atomic E-state index is -0.503. The van der Waals surface area contributed by atoms with Gasteiger partial charge in [-0.15, -0.1) is 0 Å². The van der Waals surface area contributed by atoms with Gasteiger partial charge in [0.15, 0.2) is 18.1 Å². The van der Waals surface area contributed by atoms with E-state index in [9.17, 15) is 19.7 Å². The second-order valence-electron chi connectivity index (χ2n) is 7.40. The quantitative estimate of drug-likeness (QED) is 0.214. The fourth-order valence-electron chi connectivity index (χ4n) is 3.31. The van der Waals surface area contributed by atoms with Gasteiger partial charge in [0.25, 0.3) is 5.70 Å². The van der Waals surface area contributed by atoms with Crippen LogP contribution in [0.5, 0.6) is 11.5 Å². The van der Waals surface area contributed by atoms with Crippen LogP contribution in [0, 0.1) is 10.1 Å². The number of anilines is 3. The van der Waals surface area contributed by atoms with Gasteiger partial charge in [0.05, 0.1) is 22.9 Å². The number of ether oxygens (including phenoxy) is 2. The van der Waals surface area contributed by atoms with Crippen LogP contribution in [0.2, 0.25) is 0 Å². The summed E-state index contributed by atoms with van der Waals surface area (Å²) in [5, 5.41) is 16.6. The highest BCUT2D eigenvalue weighted by Crippen LogP contribution is 2.39. The van der Waals surface area contributed by atoms with Gasteiger partial charge in [-0.3, -0.25) is 19.7 Å². The molecule has 0 spiro atoms. The normalized spacial score (nSPS) is 12.1. The molecule has 0 atom stereocenters. The zero-order valence-corrected chi connectivity index (χ0v) is 18.3. The van der Waals surface area contributed by atoms with Crippen molar-refractivity contribution in [3.63, 3.8) is 0 Å². The van der Waals surface area contributed by atoms with Crippen LogP contribution in [-0.4, -0.2) is 30.0 Å². The standard InChI is InChI=1S/C23H26N4O6/c1-2-32-20-13-16(11-15-12-17(27(30)31)14-33-23(15)20)25-21(28)9-5-6-10-22(29)26-19-8-4-3-7-18(19)24/h3-4,7-8,11-13H,2,5-6,9-10,14,24H2,1H3,(H,25,28)(H,26,29). The molecule has 3 rings (SSSR count). The number of amides is 2. The Labute approximate surface area is 190 Å². The molecular weight excluding hydrogens is 428 g/mol. The number of carbonyl (C=O) groups is 2. The third-order valence-corrected chi connectivity index (χ3v) is 4.88. The molecule has 0 aliphatic carbocycles. The smallest absolute Gasteiger partial charge is 0.284 e. The van der Waals surface area contributed by atoms with E-state index in [1.165, 1.54) is 6.08 Å². The van der Waals surface area contributed by atoms with Crippen LogP contribution in [0.1, 0.15) is 38.2 Å². The first-order valence-corrected chi connectivity index (χ1v) is 10.6. The molecule has 33 heavy (non-hydrogen) atoms. The van der Waals surface area contributed by atoms with E-state index in [0.717, 1.165) is 0 Å². The molecule has 2 aromatic carbocycles. The Balaban J connectivity index is 1.53. The summed E-state index contributed by atoms with van der Waals surface area (Å²) in [6.07, 6.45) is 2.94. The molecule has 4 N–H and O–H groups in total. The maximum absolute atomic E-state index is 12.4. The molecule has 0 aromatic heterocycles. The number of hydrogen-bond acceptors (Lipinski definition) is 7. The summed E-state index contributed by atoms with van der Waals surface area (Å²) in [4.78, 5) is 35.0. The van der Waals surface area contributed by atoms with Gasteiger partial charge >= 0.3 is 0 Å². The number of nitro groups is 1. The maximum atomic E-state index is 12.4. The first kappa shape index (κ1) is 23.6. The minimum Gasteiger partial charge on any atom is -0.490 e. The van der Waals surface area contributed by atoms with E-state index in [4.69, 9.17) is 15.2 Å². The number of rotatable bonds is 10. The van der Waals surface area contributed by atoms with Crippen molar-refractivity contribution in [2.75, 3.05) is 29.6 Å². The van der Waals surface area contributed by atoms with Crippen molar-refractivity contribution in [1.29, 1.82) is 0 Å². The highest BCUT2D eigenvalue weighted by atomic mass is 16.6. The van der Waals surface area contributed by atoms with Crippen LogP contribution in [-0.2, 0) is 9.59 Å². The number of fused-ring (bicyclic) bond motifs is 1. The Bertz CT molecular complexity index is 1080. The summed E-state index contributed by atoms with van der Waals surface area (Å²) in [5.41, 5.74) is 7.70. The van der Waals surface area contributed by atoms with Crippen LogP contribution in [0.4, 0.5) is 17.1 Å². The Morgan fingerprint density at radius 1 is 1.15 bits per heavy atom. The summed E-state index contributed by atoms with van der Waals surface area (Å²) >= 11 is 0. The predicted molar refractivity (Wildman–Crippen MR) is 125 cm³/mol. The lowest BCUT2D eigenvalue weighted by Gasteiger charge is -2.19. The Morgan fingerprint density at radius 3 is 2.52 bits per heavy atom. The molecule has 10 nitrogen and oxygen atoms in total. The highest BCUT2D eigenvalue weighted by molar-refractivity contribution is 5.94. The predicted octanol–water partition coefficient (Wildman–Crippen LogP) is 3.82. The lowest BCUT2D eigenvalue weighted by molar-refractivity contribution is -0.427. The molecule has 0 bridgehead atoms. The van der Waals surface area contributed by atoms with Crippen LogP contribution in [0.3, 0.4) is 0 Å². The summed E-state index contributed by atoms with van der Waals surface area (Å²) in [6.45, 7) is 2.02. The number of nitrogens with one attached hydrogen (secondary N) is 2. The summed E-state index contributed by atoms with van der Waals surface area (Å²) in [5.74, 6) is 0.407. The van der Waals surface area contributed by atoms with Crippen LogP contribution < -0.4 is 25.8 Å². The fourth-order valence-corrected chi connectivity index (χ4v) is 3.31. The lowest BCUT2D eigenvalue weighted by atomic mass is 10.1. The molecule has 174 valence electrons. The number of nitrogens with zero attached hydrogens (tertiary/aromatic N) is 1. The molecule has 1 aliphatic rings. The van der Waals surface area contributed by atoms with Crippen molar-refractivity contribution in [3.05, 3.63) is 57.8 Å². The van der Waals surface area contributed by atoms with E-state index in [0.29, 0.717) is 53.6 Å². The van der Waals surface area contributed by atoms with E-state index >= 15 is 0 Å². The molecule has 0 radical (unpaired) electrons. The molecule has 1 heterocycles. The number of para-hydroxylation sites is 2. The van der Waals surface area contributed by atoms with E-state index in [1.807, 2.05) is 0 Å². The second-order valence-corrected chi connectivity index (χ2v) is 7.40. The van der Waals surface area contributed by atoms with Gasteiger partial charge in [0, 0.05) is 36.2 Å². The number of unbranched alkanes of at least 4 members (excludes halogenated alkanes) is 1. The van der Waals surface area contributed by atoms with Gasteiger partial charge in [-0.25, -0.2) is 0 Å². The zero-order chi connectivity index (χ0) is 23.8. The molecular formula is C23H26N4O6. The third kappa shape index (κ3) is 6.45. The number of nitrogens with two attached hydrogens (primary N) is 1. The molecule has 0 unspecified atom stereocenters. The van der Waals surface area contributed by atoms with E-state index in [1.54, 1.807) is 43.3 Å². The fraction of sp³-hybridized carbons (Fsp3) is 0.304. The average molecular weight is 454 g/mol. The van der Waals surface area contributed by atoms with Crippen molar-refractivity contribution in [3.8, 4) is 11.5 Å². The zero-order valence-electron chi connectivity index (χ0n) is 18.3. The van der Waals surface area contributed by atoms with E-state index < -0.39 is 4.92 Å². The second kappa shape index (κ2) is 11.0. The molecule has 2 amide bonds. The SMILES string of the molecule is CCOc1cc(NC(=O)CCCCC(=O)Nc2ccccc2N)cc2c1OCC([N+](=O)[O-])=C2. The molecule has 1 aliphatic heterocycles. The van der Waals surface area contributed by atoms with Crippen molar-refractivity contribution in [2.24, 2.45) is 0 Å². The molecule has 0 saturated heterocycles. The first-order valence-electron chi connectivity index (χ1n) is 10.6. The maximum Gasteiger partial charge on any atom is 0.284 e. The summed E-state index contributed by atoms with van der Waals surface area (Å²) in [6, 6.07) is 10.2. The van der Waals surface area contributed by atoms with E-state index in [2.05, 4.69) is 10.6 Å².